The van der Waals surface area contributed by atoms with Gasteiger partial charge in [0.25, 0.3) is 0 Å². The minimum absolute atomic E-state index is 0.0903. The van der Waals surface area contributed by atoms with Crippen molar-refractivity contribution in [3.8, 4) is 28.7 Å². The summed E-state index contributed by atoms with van der Waals surface area (Å²) in [6, 6.07) is 8.07. The Morgan fingerprint density at radius 2 is 1.75 bits per heavy atom. The molecule has 0 spiro atoms. The lowest BCUT2D eigenvalue weighted by atomic mass is 9.94. The van der Waals surface area contributed by atoms with Gasteiger partial charge in [0.15, 0.2) is 17.6 Å². The largest absolute Gasteiger partial charge is 0.507 e. The van der Waals surface area contributed by atoms with Crippen LogP contribution < -0.4 is 18.9 Å². The van der Waals surface area contributed by atoms with Crippen molar-refractivity contribution in [2.24, 2.45) is 4.99 Å². The van der Waals surface area contributed by atoms with E-state index in [1.54, 1.807) is 36.4 Å². The first-order valence-electron chi connectivity index (χ1n) is 15.5. The second kappa shape index (κ2) is 13.4. The summed E-state index contributed by atoms with van der Waals surface area (Å²) < 4.78 is 28.9. The van der Waals surface area contributed by atoms with Gasteiger partial charge in [0, 0.05) is 37.1 Å². The molecule has 48 heavy (non-hydrogen) atoms. The summed E-state index contributed by atoms with van der Waals surface area (Å²) in [5, 5.41) is 81.7. The Hall–Kier alpha value is -4.67. The number of allylic oxidation sites excluding steroid dienone is 1. The number of ether oxygens (including phenoxy) is 5. The normalized spacial score (nSPS) is 27.7. The number of hydrogen-bond donors (Lipinski definition) is 8. The van der Waals surface area contributed by atoms with E-state index in [-0.39, 0.29) is 41.5 Å². The van der Waals surface area contributed by atoms with Gasteiger partial charge >= 0.3 is 5.97 Å². The van der Waals surface area contributed by atoms with Crippen molar-refractivity contribution < 1.29 is 64.2 Å². The number of carboxylic acid groups (broad SMARTS) is 1. The van der Waals surface area contributed by atoms with Crippen molar-refractivity contribution in [3.63, 3.8) is 0 Å². The molecule has 0 amide bonds. The Kier molecular flexibility index (Phi) is 9.31. The Morgan fingerprint density at radius 1 is 1.02 bits per heavy atom. The number of hydrogen-bond acceptors (Lipinski definition) is 13. The number of nitrogens with zero attached hydrogens (tertiary/aromatic N) is 1. The van der Waals surface area contributed by atoms with E-state index < -0.39 is 60.1 Å². The number of aliphatic hydroxyl groups excluding tert-OH is 4. The quantitative estimate of drug-likeness (QED) is 0.170. The average Bonchev–Trinajstić information content (AvgIpc) is 3.47. The number of carboxylic acids is 1. The molecule has 256 valence electrons. The number of aliphatic carboxylic acids is 1. The molecule has 1 unspecified atom stereocenters. The molecular weight excluding hydrogens is 632 g/mol. The van der Waals surface area contributed by atoms with E-state index in [1.165, 1.54) is 12.1 Å². The second-order valence-electron chi connectivity index (χ2n) is 12.0. The molecule has 6 atom stereocenters. The lowest BCUT2D eigenvalue weighted by Gasteiger charge is -2.39. The number of rotatable bonds is 10. The third-order valence-corrected chi connectivity index (χ3v) is 8.52. The highest BCUT2D eigenvalue weighted by Gasteiger charge is 2.49. The van der Waals surface area contributed by atoms with E-state index in [0.29, 0.717) is 37.2 Å². The Balaban J connectivity index is 1.27. The molecule has 8 N–H and O–H groups in total. The van der Waals surface area contributed by atoms with Crippen LogP contribution in [-0.2, 0) is 9.53 Å². The number of carbonyl (C=O) groups is 1. The number of aliphatic imine (C=N–C) groups is 1. The highest BCUT2D eigenvalue weighted by molar-refractivity contribution is 6.14. The van der Waals surface area contributed by atoms with Crippen LogP contribution in [0.5, 0.6) is 28.7 Å². The maximum atomic E-state index is 11.7. The number of aliphatic hydroxyl groups is 5. The van der Waals surface area contributed by atoms with Crippen LogP contribution >= 0.6 is 0 Å². The molecule has 2 fully saturated rings. The first-order valence-corrected chi connectivity index (χ1v) is 15.5. The highest BCUT2D eigenvalue weighted by atomic mass is 16.7. The SMILES string of the molecule is N=C1C=CC(CCOc2ccc(C3C=C(O)c4c(cc(O[C@@H]5O[C@H](C(=O)O)[C@@H](O)[C@@H](O)[C@H]5O)c(OC5(O)CCCCC5)c4O)O3)cc2)=N1. The van der Waals surface area contributed by atoms with Crippen LogP contribution in [0.1, 0.15) is 55.8 Å². The molecule has 0 radical (unpaired) electrons. The first-order chi connectivity index (χ1) is 22.9. The summed E-state index contributed by atoms with van der Waals surface area (Å²) in [6.45, 7) is 0.341. The fourth-order valence-corrected chi connectivity index (χ4v) is 5.93. The van der Waals surface area contributed by atoms with Gasteiger partial charge in [-0.25, -0.2) is 9.79 Å². The molecule has 0 bridgehead atoms. The summed E-state index contributed by atoms with van der Waals surface area (Å²) >= 11 is 0. The van der Waals surface area contributed by atoms with Gasteiger partial charge in [0.1, 0.15) is 53.1 Å². The molecule has 3 aliphatic heterocycles. The molecule has 6 rings (SSSR count). The smallest absolute Gasteiger partial charge is 0.335 e. The number of nitrogens with one attached hydrogen (secondary N) is 1. The van der Waals surface area contributed by atoms with Crippen LogP contribution in [0, 0.1) is 5.41 Å². The average molecular weight is 669 g/mol. The fourth-order valence-electron chi connectivity index (χ4n) is 5.93. The second-order valence-corrected chi connectivity index (χ2v) is 12.0. The van der Waals surface area contributed by atoms with Gasteiger partial charge in [-0.1, -0.05) is 18.6 Å². The summed E-state index contributed by atoms with van der Waals surface area (Å²) in [5.74, 6) is -4.53. The van der Waals surface area contributed by atoms with Crippen LogP contribution in [0.15, 0.2) is 53.6 Å². The molecule has 1 saturated heterocycles. The molecular formula is C33H36N2O13. The highest BCUT2D eigenvalue weighted by Crippen LogP contribution is 2.52. The van der Waals surface area contributed by atoms with Crippen molar-refractivity contribution >= 4 is 23.3 Å². The fraction of sp³-hybridized carbons (Fsp3) is 0.424. The molecule has 15 heteroatoms. The zero-order chi connectivity index (χ0) is 34.2. The Morgan fingerprint density at radius 3 is 2.42 bits per heavy atom. The van der Waals surface area contributed by atoms with E-state index >= 15 is 0 Å². The number of aromatic hydroxyl groups is 1. The van der Waals surface area contributed by atoms with E-state index in [9.17, 15) is 40.5 Å². The van der Waals surface area contributed by atoms with Crippen molar-refractivity contribution in [1.82, 2.24) is 0 Å². The Labute approximate surface area is 274 Å². The molecule has 1 saturated carbocycles. The molecule has 2 aromatic rings. The van der Waals surface area contributed by atoms with Crippen LogP contribution in [0.25, 0.3) is 5.76 Å². The maximum absolute atomic E-state index is 11.7. The number of fused-ring (bicyclic) bond motifs is 1. The minimum Gasteiger partial charge on any atom is -0.507 e. The maximum Gasteiger partial charge on any atom is 0.335 e. The summed E-state index contributed by atoms with van der Waals surface area (Å²) in [6.07, 6.45) is -2.76. The van der Waals surface area contributed by atoms with Crippen LogP contribution in [0.3, 0.4) is 0 Å². The number of benzene rings is 2. The van der Waals surface area contributed by atoms with Crippen LogP contribution in [0.4, 0.5) is 0 Å². The predicted octanol–water partition coefficient (Wildman–Crippen LogP) is 2.48. The van der Waals surface area contributed by atoms with E-state index in [2.05, 4.69) is 4.99 Å². The van der Waals surface area contributed by atoms with Gasteiger partial charge in [-0.15, -0.1) is 0 Å². The molecule has 4 aliphatic rings. The minimum atomic E-state index is -1.97. The summed E-state index contributed by atoms with van der Waals surface area (Å²) in [4.78, 5) is 15.7. The number of phenols is 1. The third-order valence-electron chi connectivity index (χ3n) is 8.52. The summed E-state index contributed by atoms with van der Waals surface area (Å²) in [7, 11) is 0. The number of amidine groups is 1. The lowest BCUT2D eigenvalue weighted by molar-refractivity contribution is -0.271. The van der Waals surface area contributed by atoms with Gasteiger partial charge in [-0.05, 0) is 42.7 Å². The summed E-state index contributed by atoms with van der Waals surface area (Å²) in [5.41, 5.74) is 1.18. The molecule has 15 nitrogen and oxygen atoms in total. The van der Waals surface area contributed by atoms with Crippen molar-refractivity contribution in [2.75, 3.05) is 6.61 Å². The molecule has 2 aromatic carbocycles. The van der Waals surface area contributed by atoms with Gasteiger partial charge < -0.3 is 59.4 Å². The zero-order valence-corrected chi connectivity index (χ0v) is 25.6. The Bertz CT molecular complexity index is 1650. The topological polar surface area (TPSA) is 241 Å². The van der Waals surface area contributed by atoms with Gasteiger partial charge in [-0.3, -0.25) is 5.41 Å². The molecule has 3 heterocycles. The van der Waals surface area contributed by atoms with Crippen molar-refractivity contribution in [3.05, 3.63) is 59.7 Å². The van der Waals surface area contributed by atoms with Gasteiger partial charge in [0.2, 0.25) is 17.8 Å². The third kappa shape index (κ3) is 6.81. The van der Waals surface area contributed by atoms with Crippen molar-refractivity contribution in [2.45, 2.75) is 81.1 Å². The molecule has 1 aliphatic carbocycles. The lowest BCUT2D eigenvalue weighted by Crippen LogP contribution is -2.61. The van der Waals surface area contributed by atoms with E-state index in [1.807, 2.05) is 0 Å². The van der Waals surface area contributed by atoms with E-state index in [0.717, 1.165) is 12.1 Å². The zero-order valence-electron chi connectivity index (χ0n) is 25.6. The van der Waals surface area contributed by atoms with Crippen LogP contribution in [-0.4, -0.2) is 96.4 Å². The number of phenolic OH excluding ortho intramolecular Hbond substituents is 1. The van der Waals surface area contributed by atoms with Gasteiger partial charge in [-0.2, -0.15) is 0 Å². The van der Waals surface area contributed by atoms with Crippen molar-refractivity contribution in [1.29, 1.82) is 5.41 Å². The predicted molar refractivity (Wildman–Crippen MR) is 167 cm³/mol. The first kappa shape index (κ1) is 33.2. The monoisotopic (exact) mass is 668 g/mol. The van der Waals surface area contributed by atoms with Crippen LogP contribution in [0.2, 0.25) is 0 Å². The standard InChI is InChI=1S/C33H36N2O13/c34-23-9-6-17(35-23)10-13-44-18-7-4-16(5-8-18)20-14-19(36)24-21(45-20)15-22(29(25(24)37)48-33(43)11-2-1-3-12-33)46-32-28(40)26(38)27(39)30(47-32)31(41)42/h4-9,14-15,20,26-28,30,32,34,36-40,43H,1-3,10-13H2,(H,41,42)/t20?,26-,27+,28-,30+,32-/m1/s1. The van der Waals surface area contributed by atoms with Gasteiger partial charge in [0.05, 0.1) is 6.61 Å². The van der Waals surface area contributed by atoms with E-state index in [4.69, 9.17) is 29.1 Å². The molecule has 0 aromatic heterocycles.